The second-order valence-electron chi connectivity index (χ2n) is 3.42. The van der Waals surface area contributed by atoms with E-state index in [0.29, 0.717) is 18.0 Å². The number of rotatable bonds is 7. The van der Waals surface area contributed by atoms with Gasteiger partial charge in [-0.3, -0.25) is 0 Å². The average molecular weight is 257 g/mol. The molecule has 1 aromatic carbocycles. The zero-order valence-corrected chi connectivity index (χ0v) is 11.3. The Hall–Kier alpha value is -1.07. The second kappa shape index (κ2) is 7.29. The summed E-state index contributed by atoms with van der Waals surface area (Å²) in [5.41, 5.74) is 1.03. The van der Waals surface area contributed by atoms with Crippen LogP contribution >= 0.6 is 12.6 Å². The molecule has 0 radical (unpaired) electrons. The number of methoxy groups -OCH3 is 3. The van der Waals surface area contributed by atoms with Crippen LogP contribution in [0.2, 0.25) is 0 Å². The molecule has 1 rings (SSSR count). The lowest BCUT2D eigenvalue weighted by Gasteiger charge is -2.14. The molecule has 0 aliphatic heterocycles. The van der Waals surface area contributed by atoms with Gasteiger partial charge in [0.1, 0.15) is 5.75 Å². The minimum Gasteiger partial charge on any atom is -0.496 e. The predicted molar refractivity (Wildman–Crippen MR) is 71.7 cm³/mol. The third-order valence-electron chi connectivity index (χ3n) is 2.39. The molecular formula is C12H19NO3S. The Bertz CT molecular complexity index is 358. The zero-order chi connectivity index (χ0) is 12.7. The van der Waals surface area contributed by atoms with E-state index < -0.39 is 0 Å². The van der Waals surface area contributed by atoms with Crippen LogP contribution in [0.3, 0.4) is 0 Å². The first kappa shape index (κ1) is 14.0. The van der Waals surface area contributed by atoms with E-state index in [4.69, 9.17) is 14.2 Å². The molecule has 0 aliphatic carbocycles. The van der Waals surface area contributed by atoms with Crippen molar-refractivity contribution in [2.24, 2.45) is 0 Å². The maximum atomic E-state index is 5.32. The van der Waals surface area contributed by atoms with Crippen molar-refractivity contribution in [3.8, 4) is 17.2 Å². The van der Waals surface area contributed by atoms with Gasteiger partial charge in [-0.25, -0.2) is 0 Å². The molecule has 0 atom stereocenters. The smallest absolute Gasteiger partial charge is 0.164 e. The summed E-state index contributed by atoms with van der Waals surface area (Å²) in [4.78, 5) is 0. The van der Waals surface area contributed by atoms with Gasteiger partial charge >= 0.3 is 0 Å². The molecule has 0 saturated carbocycles. The lowest BCUT2D eigenvalue weighted by atomic mass is 10.1. The molecule has 0 heterocycles. The molecule has 0 fully saturated rings. The molecular weight excluding hydrogens is 238 g/mol. The minimum absolute atomic E-state index is 0.669. The standard InChI is InChI=1S/C12H19NO3S/c1-14-10-7-12(16-3)11(15-2)6-9(10)8-13-4-5-17/h6-7,13,17H,4-5,8H2,1-3H3. The summed E-state index contributed by atoms with van der Waals surface area (Å²) in [6.07, 6.45) is 0. The second-order valence-corrected chi connectivity index (χ2v) is 3.87. The number of nitrogens with one attached hydrogen (secondary N) is 1. The Morgan fingerprint density at radius 1 is 1.00 bits per heavy atom. The van der Waals surface area contributed by atoms with Crippen LogP contribution in [0.4, 0.5) is 0 Å². The van der Waals surface area contributed by atoms with Crippen molar-refractivity contribution >= 4 is 12.6 Å². The number of hydrogen-bond acceptors (Lipinski definition) is 5. The number of ether oxygens (including phenoxy) is 3. The summed E-state index contributed by atoms with van der Waals surface area (Å²) in [6.45, 7) is 1.56. The fourth-order valence-electron chi connectivity index (χ4n) is 1.53. The highest BCUT2D eigenvalue weighted by molar-refractivity contribution is 7.80. The van der Waals surface area contributed by atoms with Crippen molar-refractivity contribution in [3.05, 3.63) is 17.7 Å². The van der Waals surface area contributed by atoms with E-state index in [1.807, 2.05) is 12.1 Å². The SMILES string of the molecule is COc1cc(OC)c(OC)cc1CNCCS. The van der Waals surface area contributed by atoms with E-state index in [9.17, 15) is 0 Å². The molecule has 0 saturated heterocycles. The summed E-state index contributed by atoms with van der Waals surface area (Å²) in [5.74, 6) is 2.96. The third-order valence-corrected chi connectivity index (χ3v) is 2.61. The normalized spacial score (nSPS) is 10.1. The van der Waals surface area contributed by atoms with E-state index in [1.165, 1.54) is 0 Å². The molecule has 17 heavy (non-hydrogen) atoms. The van der Waals surface area contributed by atoms with E-state index in [-0.39, 0.29) is 0 Å². The fraction of sp³-hybridized carbons (Fsp3) is 0.500. The van der Waals surface area contributed by atoms with Gasteiger partial charge in [-0.05, 0) is 6.07 Å². The number of thiol groups is 1. The molecule has 0 aliphatic rings. The van der Waals surface area contributed by atoms with Crippen LogP contribution in [-0.2, 0) is 6.54 Å². The Kier molecular flexibility index (Phi) is 6.00. The van der Waals surface area contributed by atoms with Crippen LogP contribution in [-0.4, -0.2) is 33.6 Å². The molecule has 5 heteroatoms. The summed E-state index contributed by atoms with van der Waals surface area (Å²) in [5, 5.41) is 3.26. The first-order valence-electron chi connectivity index (χ1n) is 5.37. The highest BCUT2D eigenvalue weighted by Gasteiger charge is 2.11. The molecule has 96 valence electrons. The molecule has 0 spiro atoms. The van der Waals surface area contributed by atoms with Crippen LogP contribution < -0.4 is 19.5 Å². The van der Waals surface area contributed by atoms with Crippen LogP contribution in [0, 0.1) is 0 Å². The summed E-state index contributed by atoms with van der Waals surface area (Å²) < 4.78 is 15.8. The van der Waals surface area contributed by atoms with E-state index in [2.05, 4.69) is 17.9 Å². The fourth-order valence-corrected chi connectivity index (χ4v) is 1.69. The van der Waals surface area contributed by atoms with Gasteiger partial charge in [-0.1, -0.05) is 0 Å². The Morgan fingerprint density at radius 2 is 1.59 bits per heavy atom. The van der Waals surface area contributed by atoms with Crippen LogP contribution in [0.5, 0.6) is 17.2 Å². The maximum Gasteiger partial charge on any atom is 0.164 e. The number of benzene rings is 1. The summed E-state index contributed by atoms with van der Waals surface area (Å²) in [6, 6.07) is 3.75. The first-order valence-corrected chi connectivity index (χ1v) is 6.00. The van der Waals surface area contributed by atoms with Gasteiger partial charge in [-0.15, -0.1) is 0 Å². The molecule has 1 aromatic rings. The van der Waals surface area contributed by atoms with Crippen LogP contribution in [0.15, 0.2) is 12.1 Å². The monoisotopic (exact) mass is 257 g/mol. The highest BCUT2D eigenvalue weighted by atomic mass is 32.1. The van der Waals surface area contributed by atoms with E-state index in [0.717, 1.165) is 23.6 Å². The Labute approximate surface area is 108 Å². The van der Waals surface area contributed by atoms with E-state index in [1.54, 1.807) is 21.3 Å². The quantitative estimate of drug-likeness (QED) is 0.576. The minimum atomic E-state index is 0.669. The van der Waals surface area contributed by atoms with Gasteiger partial charge in [0.25, 0.3) is 0 Å². The maximum absolute atomic E-state index is 5.32. The molecule has 4 nitrogen and oxygen atoms in total. The van der Waals surface area contributed by atoms with Crippen LogP contribution in [0.1, 0.15) is 5.56 Å². The summed E-state index contributed by atoms with van der Waals surface area (Å²) >= 11 is 4.15. The Balaban J connectivity index is 2.93. The van der Waals surface area contributed by atoms with Crippen LogP contribution in [0.25, 0.3) is 0 Å². The van der Waals surface area contributed by atoms with Gasteiger partial charge in [-0.2, -0.15) is 12.6 Å². The van der Waals surface area contributed by atoms with Crippen molar-refractivity contribution in [2.75, 3.05) is 33.6 Å². The van der Waals surface area contributed by atoms with Crippen molar-refractivity contribution in [1.29, 1.82) is 0 Å². The van der Waals surface area contributed by atoms with Gasteiger partial charge in [0, 0.05) is 30.5 Å². The van der Waals surface area contributed by atoms with Crippen molar-refractivity contribution in [3.63, 3.8) is 0 Å². The lowest BCUT2D eigenvalue weighted by Crippen LogP contribution is -2.16. The largest absolute Gasteiger partial charge is 0.496 e. The first-order chi connectivity index (χ1) is 8.26. The molecule has 0 bridgehead atoms. The molecule has 1 N–H and O–H groups in total. The van der Waals surface area contributed by atoms with Crippen molar-refractivity contribution in [2.45, 2.75) is 6.54 Å². The molecule has 0 aromatic heterocycles. The van der Waals surface area contributed by atoms with Crippen molar-refractivity contribution < 1.29 is 14.2 Å². The predicted octanol–water partition coefficient (Wildman–Crippen LogP) is 1.73. The number of hydrogen-bond donors (Lipinski definition) is 2. The topological polar surface area (TPSA) is 39.7 Å². The van der Waals surface area contributed by atoms with Gasteiger partial charge in [0.15, 0.2) is 11.5 Å². The van der Waals surface area contributed by atoms with Gasteiger partial charge in [0.05, 0.1) is 21.3 Å². The molecule has 0 amide bonds. The average Bonchev–Trinajstić information content (AvgIpc) is 2.38. The van der Waals surface area contributed by atoms with Gasteiger partial charge < -0.3 is 19.5 Å². The summed E-state index contributed by atoms with van der Waals surface area (Å²) in [7, 11) is 4.87. The Morgan fingerprint density at radius 3 is 2.12 bits per heavy atom. The lowest BCUT2D eigenvalue weighted by molar-refractivity contribution is 0.347. The van der Waals surface area contributed by atoms with E-state index >= 15 is 0 Å². The third kappa shape index (κ3) is 3.71. The molecule has 0 unspecified atom stereocenters. The zero-order valence-electron chi connectivity index (χ0n) is 10.4. The van der Waals surface area contributed by atoms with Gasteiger partial charge in [0.2, 0.25) is 0 Å². The highest BCUT2D eigenvalue weighted by Crippen LogP contribution is 2.34. The van der Waals surface area contributed by atoms with Crippen molar-refractivity contribution in [1.82, 2.24) is 5.32 Å².